The van der Waals surface area contributed by atoms with Gasteiger partial charge in [-0.1, -0.05) is 12.1 Å². The predicted molar refractivity (Wildman–Crippen MR) is 101 cm³/mol. The minimum absolute atomic E-state index is 0.0867. The first-order valence-corrected chi connectivity index (χ1v) is 9.12. The molecule has 5 rings (SSSR count). The van der Waals surface area contributed by atoms with Crippen molar-refractivity contribution in [1.29, 1.82) is 5.26 Å². The number of anilines is 1. The zero-order valence-corrected chi connectivity index (χ0v) is 14.7. The molecule has 1 N–H and O–H groups in total. The minimum Gasteiger partial charge on any atom is -0.310 e. The first-order valence-electron chi connectivity index (χ1n) is 9.12. The van der Waals surface area contributed by atoms with Crippen LogP contribution in [0, 0.1) is 17.4 Å². The van der Waals surface area contributed by atoms with Gasteiger partial charge in [-0.2, -0.15) is 10.4 Å². The summed E-state index contributed by atoms with van der Waals surface area (Å²) in [7, 11) is 0. The van der Waals surface area contributed by atoms with Crippen LogP contribution in [0.5, 0.6) is 0 Å². The average Bonchev–Trinajstić information content (AvgIpc) is 3.45. The number of hydrogen-bond acceptors (Lipinski definition) is 5. The molecule has 0 bridgehead atoms. The van der Waals surface area contributed by atoms with Gasteiger partial charge in [-0.05, 0) is 36.1 Å². The Morgan fingerprint density at radius 1 is 1.30 bits per heavy atom. The van der Waals surface area contributed by atoms with Gasteiger partial charge in [0.2, 0.25) is 5.91 Å². The number of hydrogen-bond donors (Lipinski definition) is 1. The lowest BCUT2D eigenvalue weighted by molar-refractivity contribution is -0.121. The number of aromatic nitrogens is 3. The Bertz CT molecular complexity index is 1080. The van der Waals surface area contributed by atoms with Gasteiger partial charge in [0.1, 0.15) is 5.82 Å². The van der Waals surface area contributed by atoms with Gasteiger partial charge in [-0.15, -0.1) is 0 Å². The zero-order chi connectivity index (χ0) is 18.4. The molecule has 7 nitrogen and oxygen atoms in total. The second-order valence-corrected chi connectivity index (χ2v) is 7.12. The molecule has 1 aromatic carbocycles. The summed E-state index contributed by atoms with van der Waals surface area (Å²) >= 11 is 0. The number of nitrogens with one attached hydrogen (secondary N) is 1. The highest BCUT2D eigenvalue weighted by Gasteiger charge is 2.35. The Kier molecular flexibility index (Phi) is 3.57. The standard InChI is InChI=1S/C20H18N6O/c21-12-25-6-4-14(11-25)20(27)26-7-5-13-8-15(9-22-19(13)26)16-2-1-3-18-17(16)10-23-24-18/h1-3,8-10,14H,4-7,11H2,(H,23,24)/t14-/m0/s1. The van der Waals surface area contributed by atoms with Gasteiger partial charge in [0.05, 0.1) is 17.6 Å². The molecule has 0 saturated carbocycles. The Labute approximate surface area is 156 Å². The van der Waals surface area contributed by atoms with Crippen molar-refractivity contribution in [2.45, 2.75) is 12.8 Å². The van der Waals surface area contributed by atoms with Crippen LogP contribution < -0.4 is 4.90 Å². The fourth-order valence-electron chi connectivity index (χ4n) is 4.12. The topological polar surface area (TPSA) is 88.9 Å². The van der Waals surface area contributed by atoms with Crippen LogP contribution in [-0.2, 0) is 11.2 Å². The molecule has 2 aliphatic rings. The fraction of sp³-hybridized carbons (Fsp3) is 0.300. The van der Waals surface area contributed by atoms with Gasteiger partial charge < -0.3 is 4.90 Å². The van der Waals surface area contributed by atoms with Gasteiger partial charge in [-0.3, -0.25) is 14.8 Å². The normalized spacial score (nSPS) is 18.7. The van der Waals surface area contributed by atoms with Crippen LogP contribution in [0.1, 0.15) is 12.0 Å². The molecule has 4 heterocycles. The number of likely N-dealkylation sites (tertiary alicyclic amines) is 1. The van der Waals surface area contributed by atoms with E-state index >= 15 is 0 Å². The Hall–Kier alpha value is -3.40. The first-order chi connectivity index (χ1) is 13.2. The van der Waals surface area contributed by atoms with Crippen LogP contribution in [0.15, 0.2) is 36.7 Å². The van der Waals surface area contributed by atoms with Crippen LogP contribution in [0.3, 0.4) is 0 Å². The third kappa shape index (κ3) is 2.53. The predicted octanol–water partition coefficient (Wildman–Crippen LogP) is 2.32. The molecule has 0 radical (unpaired) electrons. The summed E-state index contributed by atoms with van der Waals surface area (Å²) in [5, 5.41) is 17.2. The number of amides is 1. The fourth-order valence-corrected chi connectivity index (χ4v) is 4.12. The van der Waals surface area contributed by atoms with Crippen molar-refractivity contribution in [1.82, 2.24) is 20.1 Å². The molecule has 0 unspecified atom stereocenters. The van der Waals surface area contributed by atoms with E-state index in [0.717, 1.165) is 46.3 Å². The van der Waals surface area contributed by atoms with E-state index in [1.807, 2.05) is 24.5 Å². The number of fused-ring (bicyclic) bond motifs is 2. The van der Waals surface area contributed by atoms with E-state index in [9.17, 15) is 4.79 Å². The number of benzene rings is 1. The van der Waals surface area contributed by atoms with Crippen LogP contribution in [-0.4, -0.2) is 45.6 Å². The van der Waals surface area contributed by atoms with Crippen molar-refractivity contribution in [3.05, 3.63) is 42.2 Å². The van der Waals surface area contributed by atoms with Crippen molar-refractivity contribution in [2.24, 2.45) is 5.92 Å². The number of carbonyl (C=O) groups is 1. The quantitative estimate of drug-likeness (QED) is 0.710. The van der Waals surface area contributed by atoms with E-state index in [4.69, 9.17) is 5.26 Å². The summed E-state index contributed by atoms with van der Waals surface area (Å²) in [4.78, 5) is 21.0. The molecule has 2 aliphatic heterocycles. The van der Waals surface area contributed by atoms with Crippen molar-refractivity contribution < 1.29 is 4.79 Å². The molecule has 7 heteroatoms. The lowest BCUT2D eigenvalue weighted by atomic mass is 10.0. The molecular formula is C20H18N6O. The minimum atomic E-state index is -0.114. The number of aromatic amines is 1. The highest BCUT2D eigenvalue weighted by Crippen LogP contribution is 2.34. The van der Waals surface area contributed by atoms with Crippen LogP contribution >= 0.6 is 0 Å². The Morgan fingerprint density at radius 3 is 3.07 bits per heavy atom. The highest BCUT2D eigenvalue weighted by molar-refractivity contribution is 5.98. The van der Waals surface area contributed by atoms with Crippen molar-refractivity contribution in [3.63, 3.8) is 0 Å². The van der Waals surface area contributed by atoms with Crippen LogP contribution in [0.4, 0.5) is 5.82 Å². The van der Waals surface area contributed by atoms with Gasteiger partial charge in [0.15, 0.2) is 6.19 Å². The number of nitrogens with zero attached hydrogens (tertiary/aromatic N) is 5. The summed E-state index contributed by atoms with van der Waals surface area (Å²) in [5.41, 5.74) is 4.21. The number of H-pyrrole nitrogens is 1. The largest absolute Gasteiger partial charge is 0.310 e. The van der Waals surface area contributed by atoms with Gasteiger partial charge in [0.25, 0.3) is 0 Å². The second-order valence-electron chi connectivity index (χ2n) is 7.12. The average molecular weight is 358 g/mol. The lowest BCUT2D eigenvalue weighted by Gasteiger charge is -2.20. The molecule has 3 aromatic rings. The maximum atomic E-state index is 12.9. The zero-order valence-electron chi connectivity index (χ0n) is 14.7. The van der Waals surface area contributed by atoms with Gasteiger partial charge in [-0.25, -0.2) is 4.98 Å². The molecule has 134 valence electrons. The van der Waals surface area contributed by atoms with E-state index < -0.39 is 0 Å². The number of pyridine rings is 1. The van der Waals surface area contributed by atoms with E-state index in [0.29, 0.717) is 19.6 Å². The lowest BCUT2D eigenvalue weighted by Crippen LogP contribution is -2.36. The third-order valence-corrected chi connectivity index (χ3v) is 5.54. The number of carbonyl (C=O) groups excluding carboxylic acids is 1. The number of rotatable bonds is 2. The SMILES string of the molecule is N#CN1CC[C@H](C(=O)N2CCc3cc(-c4cccc5[nH]ncc45)cnc32)C1. The molecule has 0 spiro atoms. The summed E-state index contributed by atoms with van der Waals surface area (Å²) < 4.78 is 0. The third-order valence-electron chi connectivity index (χ3n) is 5.54. The number of nitriles is 1. The Morgan fingerprint density at radius 2 is 2.22 bits per heavy atom. The first kappa shape index (κ1) is 15.8. The van der Waals surface area contributed by atoms with Crippen molar-refractivity contribution in [3.8, 4) is 17.3 Å². The molecule has 1 amide bonds. The van der Waals surface area contributed by atoms with E-state index in [-0.39, 0.29) is 11.8 Å². The molecule has 1 saturated heterocycles. The maximum Gasteiger partial charge on any atom is 0.233 e. The molecule has 1 atom stereocenters. The van der Waals surface area contributed by atoms with Gasteiger partial charge in [0, 0.05) is 36.8 Å². The summed E-state index contributed by atoms with van der Waals surface area (Å²) in [5.74, 6) is 0.735. The molecule has 27 heavy (non-hydrogen) atoms. The van der Waals surface area contributed by atoms with Crippen LogP contribution in [0.2, 0.25) is 0 Å². The summed E-state index contributed by atoms with van der Waals surface area (Å²) in [6, 6.07) is 8.20. The highest BCUT2D eigenvalue weighted by atomic mass is 16.2. The van der Waals surface area contributed by atoms with E-state index in [2.05, 4.69) is 33.5 Å². The smallest absolute Gasteiger partial charge is 0.233 e. The summed E-state index contributed by atoms with van der Waals surface area (Å²) in [6.45, 7) is 1.83. The van der Waals surface area contributed by atoms with E-state index in [1.54, 1.807) is 9.80 Å². The molecule has 0 aliphatic carbocycles. The van der Waals surface area contributed by atoms with Gasteiger partial charge >= 0.3 is 0 Å². The Balaban J connectivity index is 1.45. The molecular weight excluding hydrogens is 340 g/mol. The van der Waals surface area contributed by atoms with Crippen molar-refractivity contribution in [2.75, 3.05) is 24.5 Å². The van der Waals surface area contributed by atoms with E-state index in [1.165, 1.54) is 0 Å². The molecule has 1 fully saturated rings. The monoisotopic (exact) mass is 358 g/mol. The van der Waals surface area contributed by atoms with Crippen LogP contribution in [0.25, 0.3) is 22.0 Å². The molecule has 2 aromatic heterocycles. The second kappa shape index (κ2) is 6.09. The van der Waals surface area contributed by atoms with Crippen molar-refractivity contribution >= 4 is 22.6 Å². The summed E-state index contributed by atoms with van der Waals surface area (Å²) in [6.07, 6.45) is 7.34. The maximum absolute atomic E-state index is 12.9.